The third-order valence-corrected chi connectivity index (χ3v) is 3.98. The van der Waals surface area contributed by atoms with Gasteiger partial charge >= 0.3 is 0 Å². The third kappa shape index (κ3) is 2.90. The van der Waals surface area contributed by atoms with Crippen LogP contribution < -0.4 is 4.74 Å². The summed E-state index contributed by atoms with van der Waals surface area (Å²) in [6, 6.07) is 12.5. The Kier molecular flexibility index (Phi) is 4.37. The van der Waals surface area contributed by atoms with Crippen LogP contribution in [-0.4, -0.2) is 30.1 Å². The van der Waals surface area contributed by atoms with Gasteiger partial charge in [0.05, 0.1) is 19.4 Å². The fourth-order valence-electron chi connectivity index (χ4n) is 2.49. The molecule has 6 nitrogen and oxygen atoms in total. The zero-order valence-electron chi connectivity index (χ0n) is 13.7. The number of para-hydroxylation sites is 1. The minimum atomic E-state index is -0.241. The number of carbonyl (C=O) groups excluding carboxylic acids is 1. The summed E-state index contributed by atoms with van der Waals surface area (Å²) in [5, 5.41) is 3.85. The molecule has 0 spiro atoms. The van der Waals surface area contributed by atoms with Gasteiger partial charge in [-0.3, -0.25) is 4.79 Å². The molecular formula is C18H18N2O4. The molecule has 0 aliphatic rings. The number of furan rings is 1. The molecule has 6 heteroatoms. The van der Waals surface area contributed by atoms with Crippen molar-refractivity contribution in [3.8, 4) is 17.3 Å². The maximum Gasteiger partial charge on any atom is 0.276 e. The molecule has 1 unspecified atom stereocenters. The van der Waals surface area contributed by atoms with E-state index in [0.717, 1.165) is 11.3 Å². The van der Waals surface area contributed by atoms with Crippen LogP contribution in [0.15, 0.2) is 57.7 Å². The van der Waals surface area contributed by atoms with Crippen molar-refractivity contribution in [2.45, 2.75) is 13.0 Å². The Morgan fingerprint density at radius 1 is 1.21 bits per heavy atom. The highest BCUT2D eigenvalue weighted by Gasteiger charge is 2.24. The summed E-state index contributed by atoms with van der Waals surface area (Å²) in [5.41, 5.74) is 1.15. The van der Waals surface area contributed by atoms with Crippen molar-refractivity contribution >= 4 is 5.91 Å². The highest BCUT2D eigenvalue weighted by molar-refractivity contribution is 5.93. The molecule has 1 aromatic carbocycles. The zero-order chi connectivity index (χ0) is 17.1. The molecule has 1 amide bonds. The number of benzene rings is 1. The van der Waals surface area contributed by atoms with Gasteiger partial charge in [-0.15, -0.1) is 0 Å². The number of ether oxygens (including phenoxy) is 1. The van der Waals surface area contributed by atoms with E-state index in [1.165, 1.54) is 6.26 Å². The van der Waals surface area contributed by atoms with Crippen molar-refractivity contribution < 1.29 is 18.5 Å². The maximum absolute atomic E-state index is 12.7. The monoisotopic (exact) mass is 326 g/mol. The van der Waals surface area contributed by atoms with Crippen LogP contribution in [0.1, 0.15) is 29.0 Å². The van der Waals surface area contributed by atoms with E-state index in [-0.39, 0.29) is 17.6 Å². The van der Waals surface area contributed by atoms with Crippen LogP contribution in [-0.2, 0) is 0 Å². The quantitative estimate of drug-likeness (QED) is 0.714. The number of aromatic nitrogens is 1. The van der Waals surface area contributed by atoms with Crippen LogP contribution in [0.4, 0.5) is 0 Å². The lowest BCUT2D eigenvalue weighted by Gasteiger charge is -2.25. The summed E-state index contributed by atoms with van der Waals surface area (Å²) in [7, 11) is 3.33. The zero-order valence-corrected chi connectivity index (χ0v) is 13.7. The Labute approximate surface area is 139 Å². The van der Waals surface area contributed by atoms with Crippen LogP contribution in [0, 0.1) is 0 Å². The lowest BCUT2D eigenvalue weighted by molar-refractivity contribution is 0.0730. The Bertz CT molecular complexity index is 823. The molecule has 1 atom stereocenters. The summed E-state index contributed by atoms with van der Waals surface area (Å²) in [6.07, 6.45) is 1.54. The lowest BCUT2D eigenvalue weighted by atomic mass is 10.1. The third-order valence-electron chi connectivity index (χ3n) is 3.98. The van der Waals surface area contributed by atoms with Gasteiger partial charge in [0.1, 0.15) is 5.75 Å². The molecule has 3 rings (SSSR count). The molecule has 0 saturated heterocycles. The van der Waals surface area contributed by atoms with Crippen LogP contribution >= 0.6 is 0 Å². The van der Waals surface area contributed by atoms with Crippen molar-refractivity contribution in [3.05, 3.63) is 60.0 Å². The smallest absolute Gasteiger partial charge is 0.276 e. The first kappa shape index (κ1) is 15.9. The first-order valence-corrected chi connectivity index (χ1v) is 7.52. The Balaban J connectivity index is 1.82. The van der Waals surface area contributed by atoms with Crippen LogP contribution in [0.3, 0.4) is 0 Å². The standard InChI is InChI=1S/C18H18N2O4/c1-12(13-7-4-5-8-15(13)22-3)20(2)18(21)14-11-17(24-19-14)16-9-6-10-23-16/h4-12H,1-3H3. The van der Waals surface area contributed by atoms with E-state index in [1.54, 1.807) is 37.3 Å². The molecule has 0 aliphatic carbocycles. The van der Waals surface area contributed by atoms with Gasteiger partial charge in [-0.2, -0.15) is 0 Å². The molecule has 2 aromatic heterocycles. The van der Waals surface area contributed by atoms with Crippen molar-refractivity contribution in [2.75, 3.05) is 14.2 Å². The molecule has 24 heavy (non-hydrogen) atoms. The number of rotatable bonds is 5. The molecule has 2 heterocycles. The SMILES string of the molecule is COc1ccccc1C(C)N(C)C(=O)c1cc(-c2ccco2)on1. The largest absolute Gasteiger partial charge is 0.496 e. The molecule has 0 fully saturated rings. The number of methoxy groups -OCH3 is 1. The second-order valence-electron chi connectivity index (χ2n) is 5.39. The molecule has 0 N–H and O–H groups in total. The number of nitrogens with zero attached hydrogens (tertiary/aromatic N) is 2. The van der Waals surface area contributed by atoms with E-state index in [1.807, 2.05) is 31.2 Å². The van der Waals surface area contributed by atoms with Gasteiger partial charge in [-0.1, -0.05) is 23.4 Å². The highest BCUT2D eigenvalue weighted by Crippen LogP contribution is 2.29. The summed E-state index contributed by atoms with van der Waals surface area (Å²) in [5.74, 6) is 1.44. The van der Waals surface area contributed by atoms with E-state index < -0.39 is 0 Å². The Morgan fingerprint density at radius 2 is 2.00 bits per heavy atom. The average molecular weight is 326 g/mol. The van der Waals surface area contributed by atoms with Crippen LogP contribution in [0.25, 0.3) is 11.5 Å². The van der Waals surface area contributed by atoms with Gasteiger partial charge in [-0.05, 0) is 25.1 Å². The van der Waals surface area contributed by atoms with Crippen molar-refractivity contribution in [1.29, 1.82) is 0 Å². The second-order valence-corrected chi connectivity index (χ2v) is 5.39. The summed E-state index contributed by atoms with van der Waals surface area (Å²) in [6.45, 7) is 1.93. The fourth-order valence-corrected chi connectivity index (χ4v) is 2.49. The number of amides is 1. The van der Waals surface area contributed by atoms with Crippen molar-refractivity contribution in [1.82, 2.24) is 10.1 Å². The van der Waals surface area contributed by atoms with Gasteiger partial charge in [0.2, 0.25) is 5.76 Å². The normalized spacial score (nSPS) is 12.0. The predicted molar refractivity (Wildman–Crippen MR) is 87.7 cm³/mol. The van der Waals surface area contributed by atoms with E-state index in [2.05, 4.69) is 5.16 Å². The highest BCUT2D eigenvalue weighted by atomic mass is 16.5. The Hall–Kier alpha value is -3.02. The van der Waals surface area contributed by atoms with Gasteiger partial charge in [0.15, 0.2) is 11.5 Å². The van der Waals surface area contributed by atoms with Gasteiger partial charge in [0, 0.05) is 18.7 Å². The molecule has 0 bridgehead atoms. The topological polar surface area (TPSA) is 68.7 Å². The first-order chi connectivity index (χ1) is 11.6. The van der Waals surface area contributed by atoms with Crippen molar-refractivity contribution in [2.24, 2.45) is 0 Å². The number of carbonyl (C=O) groups is 1. The second kappa shape index (κ2) is 6.62. The molecule has 0 radical (unpaired) electrons. The lowest BCUT2D eigenvalue weighted by Crippen LogP contribution is -2.30. The van der Waals surface area contributed by atoms with E-state index in [4.69, 9.17) is 13.7 Å². The van der Waals surface area contributed by atoms with Gasteiger partial charge in [0.25, 0.3) is 5.91 Å². The molecule has 0 aliphatic heterocycles. The number of hydrogen-bond acceptors (Lipinski definition) is 5. The van der Waals surface area contributed by atoms with Crippen molar-refractivity contribution in [3.63, 3.8) is 0 Å². The van der Waals surface area contributed by atoms with E-state index in [9.17, 15) is 4.79 Å². The summed E-state index contributed by atoms with van der Waals surface area (Å²) >= 11 is 0. The molecule has 0 saturated carbocycles. The van der Waals surface area contributed by atoms with Gasteiger partial charge in [-0.25, -0.2) is 0 Å². The molecule has 3 aromatic rings. The predicted octanol–water partition coefficient (Wildman–Crippen LogP) is 3.78. The van der Waals surface area contributed by atoms with Gasteiger partial charge < -0.3 is 18.6 Å². The van der Waals surface area contributed by atoms with Crippen LogP contribution in [0.5, 0.6) is 5.75 Å². The minimum absolute atomic E-state index is 0.183. The Morgan fingerprint density at radius 3 is 2.71 bits per heavy atom. The van der Waals surface area contributed by atoms with Crippen LogP contribution in [0.2, 0.25) is 0 Å². The molecular weight excluding hydrogens is 308 g/mol. The summed E-state index contributed by atoms with van der Waals surface area (Å²) in [4.78, 5) is 14.3. The minimum Gasteiger partial charge on any atom is -0.496 e. The molecule has 124 valence electrons. The van der Waals surface area contributed by atoms with E-state index >= 15 is 0 Å². The van der Waals surface area contributed by atoms with E-state index in [0.29, 0.717) is 11.5 Å². The average Bonchev–Trinajstić information content (AvgIpc) is 3.30. The fraction of sp³-hybridized carbons (Fsp3) is 0.222. The first-order valence-electron chi connectivity index (χ1n) is 7.52. The summed E-state index contributed by atoms with van der Waals surface area (Å²) < 4.78 is 15.8. The number of hydrogen-bond donors (Lipinski definition) is 0. The maximum atomic E-state index is 12.7.